The summed E-state index contributed by atoms with van der Waals surface area (Å²) < 4.78 is 14.2. The zero-order chi connectivity index (χ0) is 15.4. The third-order valence-corrected chi connectivity index (χ3v) is 3.97. The fraction of sp³-hybridized carbons (Fsp3) is 0.385. The summed E-state index contributed by atoms with van der Waals surface area (Å²) in [5.74, 6) is -0.730. The summed E-state index contributed by atoms with van der Waals surface area (Å²) in [6.45, 7) is 2.49. The molecule has 1 aromatic rings. The van der Waals surface area contributed by atoms with Crippen molar-refractivity contribution in [3.63, 3.8) is 0 Å². The van der Waals surface area contributed by atoms with E-state index in [1.165, 1.54) is 6.07 Å². The SMILES string of the molecule is N/C(CN1CCN(C(=O)c2cccc(Br)c2F)CC1)=N/O. The number of rotatable bonds is 3. The summed E-state index contributed by atoms with van der Waals surface area (Å²) in [6, 6.07) is 4.67. The van der Waals surface area contributed by atoms with Crippen LogP contribution in [0.2, 0.25) is 0 Å². The Balaban J connectivity index is 1.99. The van der Waals surface area contributed by atoms with Gasteiger partial charge in [0.1, 0.15) is 5.82 Å². The van der Waals surface area contributed by atoms with E-state index in [9.17, 15) is 9.18 Å². The number of oxime groups is 1. The molecule has 0 aromatic heterocycles. The molecule has 1 aliphatic heterocycles. The molecule has 6 nitrogen and oxygen atoms in total. The molecule has 0 atom stereocenters. The van der Waals surface area contributed by atoms with Gasteiger partial charge in [-0.05, 0) is 28.1 Å². The number of carbonyl (C=O) groups is 1. The maximum Gasteiger partial charge on any atom is 0.256 e. The number of nitrogens with zero attached hydrogens (tertiary/aromatic N) is 3. The first-order valence-electron chi connectivity index (χ1n) is 6.45. The van der Waals surface area contributed by atoms with Crippen molar-refractivity contribution < 1.29 is 14.4 Å². The highest BCUT2D eigenvalue weighted by atomic mass is 79.9. The molecule has 1 saturated heterocycles. The lowest BCUT2D eigenvalue weighted by molar-refractivity contribution is 0.0648. The normalized spacial score (nSPS) is 17.0. The highest BCUT2D eigenvalue weighted by Gasteiger charge is 2.24. The molecule has 1 heterocycles. The van der Waals surface area contributed by atoms with Crippen LogP contribution in [-0.2, 0) is 0 Å². The van der Waals surface area contributed by atoms with Crippen LogP contribution >= 0.6 is 15.9 Å². The summed E-state index contributed by atoms with van der Waals surface area (Å²) >= 11 is 3.08. The predicted molar refractivity (Wildman–Crippen MR) is 79.9 cm³/mol. The Labute approximate surface area is 130 Å². The van der Waals surface area contributed by atoms with Crippen molar-refractivity contribution in [3.8, 4) is 0 Å². The molecule has 0 spiro atoms. The molecular weight excluding hydrogens is 343 g/mol. The number of halogens is 2. The Hall–Kier alpha value is -1.67. The van der Waals surface area contributed by atoms with Gasteiger partial charge in [0.05, 0.1) is 16.6 Å². The Morgan fingerprint density at radius 1 is 1.38 bits per heavy atom. The number of amidine groups is 1. The predicted octanol–water partition coefficient (Wildman–Crippen LogP) is 1.09. The molecule has 114 valence electrons. The highest BCUT2D eigenvalue weighted by Crippen LogP contribution is 2.20. The zero-order valence-corrected chi connectivity index (χ0v) is 12.9. The van der Waals surface area contributed by atoms with Gasteiger partial charge in [0.15, 0.2) is 5.84 Å². The Bertz CT molecular complexity index is 559. The molecule has 0 bridgehead atoms. The molecule has 0 radical (unpaired) electrons. The third kappa shape index (κ3) is 3.70. The lowest BCUT2D eigenvalue weighted by atomic mass is 10.1. The molecule has 0 aliphatic carbocycles. The highest BCUT2D eigenvalue weighted by molar-refractivity contribution is 9.10. The molecular formula is C13H16BrFN4O2. The van der Waals surface area contributed by atoms with Gasteiger partial charge in [-0.15, -0.1) is 0 Å². The average molecular weight is 359 g/mol. The van der Waals surface area contributed by atoms with Gasteiger partial charge in [0.25, 0.3) is 5.91 Å². The third-order valence-electron chi connectivity index (χ3n) is 3.36. The van der Waals surface area contributed by atoms with E-state index in [1.807, 2.05) is 4.90 Å². The van der Waals surface area contributed by atoms with Crippen LogP contribution in [0.15, 0.2) is 27.8 Å². The van der Waals surface area contributed by atoms with Crippen molar-refractivity contribution in [1.29, 1.82) is 0 Å². The van der Waals surface area contributed by atoms with Crippen LogP contribution in [-0.4, -0.2) is 59.5 Å². The quantitative estimate of drug-likeness (QED) is 0.366. The Kier molecular flexibility index (Phi) is 5.13. The molecule has 0 saturated carbocycles. The number of hydrogen-bond acceptors (Lipinski definition) is 4. The molecule has 0 unspecified atom stereocenters. The second kappa shape index (κ2) is 6.86. The van der Waals surface area contributed by atoms with E-state index in [1.54, 1.807) is 17.0 Å². The van der Waals surface area contributed by atoms with E-state index in [0.29, 0.717) is 32.7 Å². The first-order chi connectivity index (χ1) is 10.0. The van der Waals surface area contributed by atoms with Gasteiger partial charge in [-0.3, -0.25) is 9.69 Å². The smallest absolute Gasteiger partial charge is 0.256 e. The maximum absolute atomic E-state index is 13.9. The van der Waals surface area contributed by atoms with Crippen LogP contribution in [0, 0.1) is 5.82 Å². The lowest BCUT2D eigenvalue weighted by Gasteiger charge is -2.34. The molecule has 8 heteroatoms. The molecule has 1 fully saturated rings. The summed E-state index contributed by atoms with van der Waals surface area (Å²) in [7, 11) is 0. The zero-order valence-electron chi connectivity index (χ0n) is 11.3. The van der Waals surface area contributed by atoms with Crippen LogP contribution < -0.4 is 5.73 Å². The molecule has 3 N–H and O–H groups in total. The number of hydrogen-bond donors (Lipinski definition) is 2. The Morgan fingerprint density at radius 2 is 2.05 bits per heavy atom. The summed E-state index contributed by atoms with van der Waals surface area (Å²) in [6.07, 6.45) is 0. The summed E-state index contributed by atoms with van der Waals surface area (Å²) in [4.78, 5) is 15.9. The number of piperazine rings is 1. The van der Waals surface area contributed by atoms with Crippen LogP contribution in [0.25, 0.3) is 0 Å². The van der Waals surface area contributed by atoms with Gasteiger partial charge in [-0.1, -0.05) is 11.2 Å². The van der Waals surface area contributed by atoms with Crippen molar-refractivity contribution >= 4 is 27.7 Å². The largest absolute Gasteiger partial charge is 0.409 e. The molecule has 1 amide bonds. The number of amides is 1. The maximum atomic E-state index is 13.9. The van der Waals surface area contributed by atoms with E-state index in [4.69, 9.17) is 10.9 Å². The first kappa shape index (κ1) is 15.7. The minimum absolute atomic E-state index is 0.0641. The summed E-state index contributed by atoms with van der Waals surface area (Å²) in [5, 5.41) is 11.5. The van der Waals surface area contributed by atoms with Crippen molar-refractivity contribution in [3.05, 3.63) is 34.1 Å². The van der Waals surface area contributed by atoms with Gasteiger partial charge in [0.2, 0.25) is 0 Å². The molecule has 1 aliphatic rings. The van der Waals surface area contributed by atoms with Crippen LogP contribution in [0.3, 0.4) is 0 Å². The Morgan fingerprint density at radius 3 is 2.67 bits per heavy atom. The minimum atomic E-state index is -0.540. The number of nitrogens with two attached hydrogens (primary N) is 1. The second-order valence-corrected chi connectivity index (χ2v) is 5.62. The topological polar surface area (TPSA) is 82.2 Å². The monoisotopic (exact) mass is 358 g/mol. The van der Waals surface area contributed by atoms with Crippen molar-refractivity contribution in [2.24, 2.45) is 10.9 Å². The standard InChI is InChI=1S/C13H16BrFN4O2/c14-10-3-1-2-9(12(10)15)13(20)19-6-4-18(5-7-19)8-11(16)17-21/h1-3,21H,4-8H2,(H2,16,17). The molecule has 2 rings (SSSR count). The van der Waals surface area contributed by atoms with E-state index < -0.39 is 5.82 Å². The van der Waals surface area contributed by atoms with E-state index >= 15 is 0 Å². The van der Waals surface area contributed by atoms with Gasteiger partial charge in [-0.2, -0.15) is 0 Å². The van der Waals surface area contributed by atoms with Gasteiger partial charge in [-0.25, -0.2) is 4.39 Å². The van der Waals surface area contributed by atoms with E-state index in [-0.39, 0.29) is 21.8 Å². The van der Waals surface area contributed by atoms with E-state index in [0.717, 1.165) is 0 Å². The van der Waals surface area contributed by atoms with Gasteiger partial charge < -0.3 is 15.8 Å². The van der Waals surface area contributed by atoms with Crippen LogP contribution in [0.1, 0.15) is 10.4 Å². The molecule has 21 heavy (non-hydrogen) atoms. The minimum Gasteiger partial charge on any atom is -0.409 e. The number of carbonyl (C=O) groups excluding carboxylic acids is 1. The second-order valence-electron chi connectivity index (χ2n) is 4.76. The fourth-order valence-electron chi connectivity index (χ4n) is 2.21. The van der Waals surface area contributed by atoms with Crippen LogP contribution in [0.4, 0.5) is 4.39 Å². The van der Waals surface area contributed by atoms with Gasteiger partial charge >= 0.3 is 0 Å². The molecule has 1 aromatic carbocycles. The first-order valence-corrected chi connectivity index (χ1v) is 7.24. The van der Waals surface area contributed by atoms with Crippen molar-refractivity contribution in [2.75, 3.05) is 32.7 Å². The lowest BCUT2D eigenvalue weighted by Crippen LogP contribution is -2.50. The van der Waals surface area contributed by atoms with Crippen molar-refractivity contribution in [1.82, 2.24) is 9.80 Å². The van der Waals surface area contributed by atoms with Gasteiger partial charge in [0, 0.05) is 26.2 Å². The average Bonchev–Trinajstić information content (AvgIpc) is 2.50. The summed E-state index contributed by atoms with van der Waals surface area (Å²) in [5.41, 5.74) is 5.51. The van der Waals surface area contributed by atoms with Crippen LogP contribution in [0.5, 0.6) is 0 Å². The fourth-order valence-corrected chi connectivity index (χ4v) is 2.58. The van der Waals surface area contributed by atoms with Crippen molar-refractivity contribution in [2.45, 2.75) is 0 Å². The number of benzene rings is 1. The van der Waals surface area contributed by atoms with E-state index in [2.05, 4.69) is 21.1 Å².